The first-order valence-electron chi connectivity index (χ1n) is 6.45. The Morgan fingerprint density at radius 1 is 1.38 bits per heavy atom. The number of nitrogens with zero attached hydrogens (tertiary/aromatic N) is 4. The van der Waals surface area contributed by atoms with Crippen molar-refractivity contribution in [3.8, 4) is 0 Å². The van der Waals surface area contributed by atoms with E-state index >= 15 is 0 Å². The fourth-order valence-corrected chi connectivity index (χ4v) is 2.08. The van der Waals surface area contributed by atoms with Crippen LogP contribution < -0.4 is 5.32 Å². The zero-order valence-corrected chi connectivity index (χ0v) is 12.1. The molecule has 0 aliphatic heterocycles. The molecule has 21 heavy (non-hydrogen) atoms. The molecular weight excluding hydrogens is 280 g/mol. The lowest BCUT2D eigenvalue weighted by Gasteiger charge is -2.07. The number of aryl methyl sites for hydroxylation is 3. The Balaban J connectivity index is 1.97. The molecule has 8 heteroatoms. The third-order valence-electron chi connectivity index (χ3n) is 3.04. The molecule has 0 unspecified atom stereocenters. The molecule has 6 nitrogen and oxygen atoms in total. The van der Waals surface area contributed by atoms with Gasteiger partial charge in [-0.3, -0.25) is 14.2 Å². The Morgan fingerprint density at radius 3 is 2.67 bits per heavy atom. The van der Waals surface area contributed by atoms with Crippen LogP contribution in [-0.4, -0.2) is 25.5 Å². The summed E-state index contributed by atoms with van der Waals surface area (Å²) in [5.74, 6) is -0.372. The van der Waals surface area contributed by atoms with E-state index in [1.807, 2.05) is 6.92 Å². The van der Waals surface area contributed by atoms with Gasteiger partial charge in [0.05, 0.1) is 11.4 Å². The molecule has 0 saturated heterocycles. The molecule has 1 N–H and O–H groups in total. The quantitative estimate of drug-likeness (QED) is 0.909. The van der Waals surface area contributed by atoms with Crippen LogP contribution in [0.3, 0.4) is 0 Å². The summed E-state index contributed by atoms with van der Waals surface area (Å²) in [6.07, 6.45) is -0.849. The average molecular weight is 297 g/mol. The second-order valence-corrected chi connectivity index (χ2v) is 4.86. The van der Waals surface area contributed by atoms with E-state index in [0.717, 1.165) is 15.9 Å². The summed E-state index contributed by atoms with van der Waals surface area (Å²) in [6.45, 7) is 3.53. The molecule has 0 bridgehead atoms. The summed E-state index contributed by atoms with van der Waals surface area (Å²) in [5, 5.41) is 10.7. The van der Waals surface area contributed by atoms with E-state index in [4.69, 9.17) is 0 Å². The van der Waals surface area contributed by atoms with E-state index in [-0.39, 0.29) is 18.1 Å². The van der Waals surface area contributed by atoms with Crippen LogP contribution in [0.25, 0.3) is 0 Å². The summed E-state index contributed by atoms with van der Waals surface area (Å²) < 4.78 is 28.3. The maximum Gasteiger partial charge on any atom is 0.280 e. The average Bonchev–Trinajstić information content (AvgIpc) is 2.89. The maximum atomic E-state index is 12.8. The van der Waals surface area contributed by atoms with Crippen LogP contribution in [0, 0.1) is 13.8 Å². The van der Waals surface area contributed by atoms with Crippen LogP contribution in [0.5, 0.6) is 0 Å². The van der Waals surface area contributed by atoms with Crippen molar-refractivity contribution >= 4 is 5.91 Å². The van der Waals surface area contributed by atoms with E-state index in [0.29, 0.717) is 12.2 Å². The Morgan fingerprint density at radius 2 is 2.10 bits per heavy atom. The lowest BCUT2D eigenvalue weighted by Crippen LogP contribution is -2.28. The van der Waals surface area contributed by atoms with Crippen LogP contribution in [-0.2, 0) is 24.9 Å². The summed E-state index contributed by atoms with van der Waals surface area (Å²) >= 11 is 0. The van der Waals surface area contributed by atoms with Crippen molar-refractivity contribution in [3.63, 3.8) is 0 Å². The second-order valence-electron chi connectivity index (χ2n) is 4.86. The number of alkyl halides is 2. The minimum absolute atomic E-state index is 0.229. The van der Waals surface area contributed by atoms with Gasteiger partial charge < -0.3 is 5.32 Å². The summed E-state index contributed by atoms with van der Waals surface area (Å²) in [6, 6.07) is 1.28. The van der Waals surface area contributed by atoms with Crippen LogP contribution >= 0.6 is 0 Å². The number of nitrogens with one attached hydrogen (secondary N) is 1. The van der Waals surface area contributed by atoms with Gasteiger partial charge in [-0.25, -0.2) is 8.78 Å². The molecular formula is C13H17F2N5O. The molecule has 0 atom stereocenters. The van der Waals surface area contributed by atoms with Gasteiger partial charge in [-0.1, -0.05) is 0 Å². The first-order chi connectivity index (χ1) is 9.86. The molecule has 2 rings (SSSR count). The van der Waals surface area contributed by atoms with Crippen molar-refractivity contribution in [2.24, 2.45) is 7.05 Å². The third kappa shape index (κ3) is 3.65. The standard InChI is InChI=1S/C13H17F2N5O/c1-8-4-11(13(14)15)20(17-8)7-12(21)16-5-10-6-19(3)18-9(10)2/h4,6,13H,5,7H2,1-3H3,(H,16,21). The molecule has 0 fully saturated rings. The molecule has 0 aromatic carbocycles. The van der Waals surface area contributed by atoms with Gasteiger partial charge in [-0.2, -0.15) is 10.2 Å². The van der Waals surface area contributed by atoms with Gasteiger partial charge in [0.1, 0.15) is 12.2 Å². The van der Waals surface area contributed by atoms with Crippen molar-refractivity contribution in [1.82, 2.24) is 24.9 Å². The smallest absolute Gasteiger partial charge is 0.280 e. The van der Waals surface area contributed by atoms with E-state index in [9.17, 15) is 13.6 Å². The van der Waals surface area contributed by atoms with Crippen LogP contribution in [0.4, 0.5) is 8.78 Å². The largest absolute Gasteiger partial charge is 0.350 e. The summed E-state index contributed by atoms with van der Waals surface area (Å²) in [7, 11) is 1.79. The number of carbonyl (C=O) groups is 1. The van der Waals surface area contributed by atoms with E-state index in [1.165, 1.54) is 6.07 Å². The highest BCUT2D eigenvalue weighted by Gasteiger charge is 2.17. The van der Waals surface area contributed by atoms with Gasteiger partial charge in [0.15, 0.2) is 0 Å². The van der Waals surface area contributed by atoms with Crippen LogP contribution in [0.1, 0.15) is 29.1 Å². The Kier molecular flexibility index (Phi) is 4.35. The van der Waals surface area contributed by atoms with E-state index < -0.39 is 6.43 Å². The highest BCUT2D eigenvalue weighted by atomic mass is 19.3. The van der Waals surface area contributed by atoms with Crippen molar-refractivity contribution in [1.29, 1.82) is 0 Å². The fraction of sp³-hybridized carbons (Fsp3) is 0.462. The van der Waals surface area contributed by atoms with Crippen LogP contribution in [0.15, 0.2) is 12.3 Å². The van der Waals surface area contributed by atoms with Gasteiger partial charge in [0.25, 0.3) is 6.43 Å². The molecule has 0 spiro atoms. The van der Waals surface area contributed by atoms with E-state index in [1.54, 1.807) is 24.9 Å². The molecule has 0 radical (unpaired) electrons. The zero-order chi connectivity index (χ0) is 15.6. The highest BCUT2D eigenvalue weighted by Crippen LogP contribution is 2.19. The van der Waals surface area contributed by atoms with Crippen molar-refractivity contribution in [2.75, 3.05) is 0 Å². The predicted octanol–water partition coefficient (Wildman–Crippen LogP) is 1.49. The Bertz CT molecular complexity index is 647. The van der Waals surface area contributed by atoms with Gasteiger partial charge in [0.2, 0.25) is 5.91 Å². The molecule has 2 aromatic heterocycles. The van der Waals surface area contributed by atoms with Gasteiger partial charge in [0, 0.05) is 25.4 Å². The van der Waals surface area contributed by atoms with Crippen molar-refractivity contribution in [2.45, 2.75) is 33.4 Å². The first-order valence-corrected chi connectivity index (χ1v) is 6.45. The number of aromatic nitrogens is 4. The monoisotopic (exact) mass is 297 g/mol. The summed E-state index contributed by atoms with van der Waals surface area (Å²) in [5.41, 5.74) is 1.92. The number of hydrogen-bond acceptors (Lipinski definition) is 3. The van der Waals surface area contributed by atoms with E-state index in [2.05, 4.69) is 15.5 Å². The summed E-state index contributed by atoms with van der Waals surface area (Å²) in [4.78, 5) is 11.8. The zero-order valence-electron chi connectivity index (χ0n) is 12.1. The first kappa shape index (κ1) is 15.1. The van der Waals surface area contributed by atoms with Crippen molar-refractivity contribution in [3.05, 3.63) is 34.9 Å². The number of carbonyl (C=O) groups excluding carboxylic acids is 1. The Labute approximate surface area is 120 Å². The van der Waals surface area contributed by atoms with Crippen molar-refractivity contribution < 1.29 is 13.6 Å². The van der Waals surface area contributed by atoms with Gasteiger partial charge >= 0.3 is 0 Å². The SMILES string of the molecule is Cc1cc(C(F)F)n(CC(=O)NCc2cn(C)nc2C)n1. The maximum absolute atomic E-state index is 12.8. The number of amides is 1. The highest BCUT2D eigenvalue weighted by molar-refractivity contribution is 5.75. The number of rotatable bonds is 5. The molecule has 0 aliphatic rings. The lowest BCUT2D eigenvalue weighted by molar-refractivity contribution is -0.122. The minimum atomic E-state index is -2.65. The topological polar surface area (TPSA) is 64.7 Å². The molecule has 2 heterocycles. The second kappa shape index (κ2) is 6.02. The van der Waals surface area contributed by atoms with Crippen LogP contribution in [0.2, 0.25) is 0 Å². The lowest BCUT2D eigenvalue weighted by atomic mass is 10.2. The predicted molar refractivity (Wildman–Crippen MR) is 71.7 cm³/mol. The molecule has 114 valence electrons. The van der Waals surface area contributed by atoms with Gasteiger partial charge in [-0.15, -0.1) is 0 Å². The van der Waals surface area contributed by atoms with Gasteiger partial charge in [-0.05, 0) is 19.9 Å². The minimum Gasteiger partial charge on any atom is -0.350 e. The third-order valence-corrected chi connectivity index (χ3v) is 3.04. The molecule has 0 aliphatic carbocycles. The fourth-order valence-electron chi connectivity index (χ4n) is 2.08. The molecule has 0 saturated carbocycles. The molecule has 2 aromatic rings. The Hall–Kier alpha value is -2.25. The number of halogens is 2. The molecule has 1 amide bonds. The normalized spacial score (nSPS) is 11.1. The number of hydrogen-bond donors (Lipinski definition) is 1.